The molecule has 26 heavy (non-hydrogen) atoms. The van der Waals surface area contributed by atoms with Crippen LogP contribution >= 0.6 is 27.5 Å². The number of fused-ring (bicyclic) bond motifs is 1. The summed E-state index contributed by atoms with van der Waals surface area (Å²) in [5.41, 5.74) is -1.76. The molecule has 2 nitrogen and oxygen atoms in total. The average molecular weight is 445 g/mol. The van der Waals surface area contributed by atoms with E-state index in [1.54, 1.807) is 48.5 Å². The Morgan fingerprint density at radius 3 is 2.35 bits per heavy atom. The maximum Gasteiger partial charge on any atom is 0.421 e. The third kappa shape index (κ3) is 3.54. The second-order valence-electron chi connectivity index (χ2n) is 6.06. The second kappa shape index (κ2) is 6.76. The van der Waals surface area contributed by atoms with Gasteiger partial charge in [-0.3, -0.25) is 0 Å². The number of aromatic amines is 1. The lowest BCUT2D eigenvalue weighted by molar-refractivity contribution is -0.258. The lowest BCUT2D eigenvalue weighted by Crippen LogP contribution is -2.39. The second-order valence-corrected chi connectivity index (χ2v) is 7.41. The van der Waals surface area contributed by atoms with E-state index in [1.807, 2.05) is 0 Å². The summed E-state index contributed by atoms with van der Waals surface area (Å²) in [6, 6.07) is 11.7. The van der Waals surface area contributed by atoms with E-state index in [9.17, 15) is 18.3 Å². The summed E-state index contributed by atoms with van der Waals surface area (Å²) in [4.78, 5) is 2.96. The number of halogens is 5. The van der Waals surface area contributed by atoms with Crippen LogP contribution in [-0.4, -0.2) is 16.3 Å². The van der Waals surface area contributed by atoms with E-state index in [2.05, 4.69) is 20.9 Å². The summed E-state index contributed by atoms with van der Waals surface area (Å²) in [6.07, 6.45) is -1.64. The first-order chi connectivity index (χ1) is 12.1. The zero-order valence-corrected chi connectivity index (χ0v) is 15.9. The smallest absolute Gasteiger partial charge is 0.376 e. The number of hydrogen-bond acceptors (Lipinski definition) is 1. The Labute approximate surface area is 161 Å². The SMILES string of the molecule is CC(O)(c1c(/C=C/c2ccc(Cl)cc2)[nH]c2cc(Br)ccc12)C(F)(F)F. The van der Waals surface area contributed by atoms with Gasteiger partial charge in [-0.2, -0.15) is 13.2 Å². The van der Waals surface area contributed by atoms with Crippen molar-refractivity contribution in [3.63, 3.8) is 0 Å². The monoisotopic (exact) mass is 443 g/mol. The zero-order valence-electron chi connectivity index (χ0n) is 13.5. The minimum Gasteiger partial charge on any atom is -0.376 e. The lowest BCUT2D eigenvalue weighted by Gasteiger charge is -2.27. The van der Waals surface area contributed by atoms with Gasteiger partial charge in [0.25, 0.3) is 0 Å². The number of aliphatic hydroxyl groups is 1. The Hall–Kier alpha value is -1.76. The molecular formula is C19H14BrClF3NO. The number of nitrogens with one attached hydrogen (secondary N) is 1. The van der Waals surface area contributed by atoms with Crippen molar-refractivity contribution in [1.29, 1.82) is 0 Å². The molecule has 0 spiro atoms. The average Bonchev–Trinajstić information content (AvgIpc) is 2.91. The molecule has 2 aromatic carbocycles. The predicted molar refractivity (Wildman–Crippen MR) is 102 cm³/mol. The summed E-state index contributed by atoms with van der Waals surface area (Å²) >= 11 is 9.14. The highest BCUT2D eigenvalue weighted by atomic mass is 79.9. The molecule has 0 aliphatic heterocycles. The molecule has 136 valence electrons. The standard InChI is InChI=1S/C19H14BrClF3NO/c1-18(26,19(22,23)24)17-14-8-5-12(20)10-16(14)25-15(17)9-4-11-2-6-13(21)7-3-11/h2-10,25-26H,1H3/b9-4+. The van der Waals surface area contributed by atoms with Crippen LogP contribution < -0.4 is 0 Å². The fraction of sp³-hybridized carbons (Fsp3) is 0.158. The van der Waals surface area contributed by atoms with Gasteiger partial charge in [-0.1, -0.05) is 51.8 Å². The fourth-order valence-corrected chi connectivity index (χ4v) is 3.22. The zero-order chi connectivity index (χ0) is 19.1. The van der Waals surface area contributed by atoms with Crippen LogP contribution in [0.25, 0.3) is 23.1 Å². The Bertz CT molecular complexity index is 975. The van der Waals surface area contributed by atoms with Crippen molar-refractivity contribution in [2.45, 2.75) is 18.7 Å². The van der Waals surface area contributed by atoms with Crippen molar-refractivity contribution >= 4 is 50.6 Å². The van der Waals surface area contributed by atoms with E-state index in [4.69, 9.17) is 11.6 Å². The Kier molecular flexibility index (Phi) is 4.94. The van der Waals surface area contributed by atoms with Crippen molar-refractivity contribution in [1.82, 2.24) is 4.98 Å². The minimum absolute atomic E-state index is 0.190. The highest BCUT2D eigenvalue weighted by molar-refractivity contribution is 9.10. The number of H-pyrrole nitrogens is 1. The molecule has 0 fully saturated rings. The van der Waals surface area contributed by atoms with Crippen molar-refractivity contribution in [2.75, 3.05) is 0 Å². The molecule has 0 bridgehead atoms. The molecule has 1 heterocycles. The summed E-state index contributed by atoms with van der Waals surface area (Å²) in [6.45, 7) is 0.761. The normalized spacial score (nSPS) is 14.9. The van der Waals surface area contributed by atoms with E-state index in [0.717, 1.165) is 17.0 Å². The Morgan fingerprint density at radius 2 is 1.73 bits per heavy atom. The number of benzene rings is 2. The van der Waals surface area contributed by atoms with Gasteiger partial charge in [0.1, 0.15) is 0 Å². The first-order valence-electron chi connectivity index (χ1n) is 7.64. The molecule has 3 rings (SSSR count). The van der Waals surface area contributed by atoms with Crippen LogP contribution in [0.4, 0.5) is 13.2 Å². The van der Waals surface area contributed by atoms with Crippen LogP contribution in [0.3, 0.4) is 0 Å². The van der Waals surface area contributed by atoms with Crippen molar-refractivity contribution in [3.05, 3.63) is 68.8 Å². The molecule has 1 aromatic heterocycles. The summed E-state index contributed by atoms with van der Waals surface area (Å²) in [5, 5.41) is 11.2. The molecule has 0 aliphatic rings. The number of rotatable bonds is 3. The number of aromatic nitrogens is 1. The van der Waals surface area contributed by atoms with E-state index < -0.39 is 11.8 Å². The Morgan fingerprint density at radius 1 is 1.08 bits per heavy atom. The maximum absolute atomic E-state index is 13.5. The molecule has 1 atom stereocenters. The Balaban J connectivity index is 2.18. The van der Waals surface area contributed by atoms with Gasteiger partial charge >= 0.3 is 6.18 Å². The van der Waals surface area contributed by atoms with Crippen LogP contribution in [0.2, 0.25) is 5.02 Å². The van der Waals surface area contributed by atoms with E-state index >= 15 is 0 Å². The topological polar surface area (TPSA) is 36.0 Å². The van der Waals surface area contributed by atoms with Crippen LogP contribution in [0, 0.1) is 0 Å². The molecule has 3 aromatic rings. The first-order valence-corrected chi connectivity index (χ1v) is 8.81. The van der Waals surface area contributed by atoms with Crippen LogP contribution in [0.5, 0.6) is 0 Å². The molecule has 0 saturated carbocycles. The van der Waals surface area contributed by atoms with Gasteiger partial charge in [-0.05, 0) is 42.8 Å². The lowest BCUT2D eigenvalue weighted by atomic mass is 9.92. The van der Waals surface area contributed by atoms with Crippen LogP contribution in [-0.2, 0) is 5.60 Å². The molecule has 0 amide bonds. The number of hydrogen-bond donors (Lipinski definition) is 2. The summed E-state index contributed by atoms with van der Waals surface area (Å²) in [5.74, 6) is 0. The van der Waals surface area contributed by atoms with Crippen molar-refractivity contribution < 1.29 is 18.3 Å². The third-order valence-corrected chi connectivity index (χ3v) is 4.89. The van der Waals surface area contributed by atoms with Gasteiger partial charge in [0.05, 0.1) is 0 Å². The molecule has 2 N–H and O–H groups in total. The predicted octanol–water partition coefficient (Wildman–Crippen LogP) is 6.52. The van der Waals surface area contributed by atoms with E-state index in [-0.39, 0.29) is 11.3 Å². The van der Waals surface area contributed by atoms with Crippen LogP contribution in [0.15, 0.2) is 46.9 Å². The molecular weight excluding hydrogens is 431 g/mol. The highest BCUT2D eigenvalue weighted by Crippen LogP contribution is 2.44. The van der Waals surface area contributed by atoms with Gasteiger partial charge in [0.15, 0.2) is 5.60 Å². The highest BCUT2D eigenvalue weighted by Gasteiger charge is 2.53. The first kappa shape index (κ1) is 19.0. The molecule has 7 heteroatoms. The third-order valence-electron chi connectivity index (χ3n) is 4.14. The molecule has 0 radical (unpaired) electrons. The quantitative estimate of drug-likeness (QED) is 0.474. The summed E-state index contributed by atoms with van der Waals surface area (Å²) in [7, 11) is 0. The van der Waals surface area contributed by atoms with Gasteiger partial charge in [-0.25, -0.2) is 0 Å². The number of alkyl halides is 3. The summed E-state index contributed by atoms with van der Waals surface area (Å²) < 4.78 is 41.2. The van der Waals surface area contributed by atoms with E-state index in [0.29, 0.717) is 15.9 Å². The van der Waals surface area contributed by atoms with Gasteiger partial charge in [0, 0.05) is 31.7 Å². The molecule has 0 saturated heterocycles. The van der Waals surface area contributed by atoms with Crippen molar-refractivity contribution in [3.8, 4) is 0 Å². The molecule has 0 aliphatic carbocycles. The minimum atomic E-state index is -4.82. The van der Waals surface area contributed by atoms with Gasteiger partial charge in [0.2, 0.25) is 0 Å². The van der Waals surface area contributed by atoms with E-state index in [1.165, 1.54) is 6.08 Å². The van der Waals surface area contributed by atoms with Crippen molar-refractivity contribution in [2.24, 2.45) is 0 Å². The van der Waals surface area contributed by atoms with Gasteiger partial charge in [-0.15, -0.1) is 0 Å². The van der Waals surface area contributed by atoms with Crippen LogP contribution in [0.1, 0.15) is 23.7 Å². The fourth-order valence-electron chi connectivity index (χ4n) is 2.74. The largest absolute Gasteiger partial charge is 0.421 e. The molecule has 1 unspecified atom stereocenters. The van der Waals surface area contributed by atoms with Gasteiger partial charge < -0.3 is 10.1 Å². The maximum atomic E-state index is 13.5.